The van der Waals surface area contributed by atoms with E-state index in [0.717, 1.165) is 6.08 Å². The van der Waals surface area contributed by atoms with Gasteiger partial charge < -0.3 is 16.1 Å². The molecule has 5 heteroatoms. The fourth-order valence-electron chi connectivity index (χ4n) is 0. The fourth-order valence-corrected chi connectivity index (χ4v) is 0. The van der Waals surface area contributed by atoms with Gasteiger partial charge in [0.15, 0.2) is 0 Å². The maximum Gasteiger partial charge on any atom is 0.327 e. The third-order valence-electron chi connectivity index (χ3n) is 0.175. The molecule has 0 radical (unpaired) electrons. The van der Waals surface area contributed by atoms with Crippen molar-refractivity contribution in [2.24, 2.45) is 0 Å². The molecule has 0 saturated heterocycles. The topological polar surface area (TPSA) is 100 Å². The van der Waals surface area contributed by atoms with Crippen molar-refractivity contribution in [2.45, 2.75) is 0 Å². The summed E-state index contributed by atoms with van der Waals surface area (Å²) < 4.78 is 0. The van der Waals surface area contributed by atoms with Crippen LogP contribution in [0.4, 0.5) is 0 Å². The maximum atomic E-state index is 9.25. The molecule has 0 rings (SSSR count). The van der Waals surface area contributed by atoms with Crippen LogP contribution >= 0.6 is 0 Å². The number of rotatable bonds is 1. The molecular weight excluding hydrogens is 148 g/mol. The smallest absolute Gasteiger partial charge is 0.327 e. The van der Waals surface area contributed by atoms with E-state index in [1.165, 1.54) is 0 Å². The van der Waals surface area contributed by atoms with E-state index < -0.39 is 5.97 Å². The van der Waals surface area contributed by atoms with E-state index in [2.05, 4.69) is 6.58 Å². The van der Waals surface area contributed by atoms with Gasteiger partial charge in [0.05, 0.1) is 0 Å². The first-order valence-corrected chi connectivity index (χ1v) is 1.12. The molecule has 48 valence electrons. The Morgan fingerprint density at radius 2 is 1.62 bits per heavy atom. The van der Waals surface area contributed by atoms with Gasteiger partial charge in [0.2, 0.25) is 0 Å². The van der Waals surface area contributed by atoms with Gasteiger partial charge >= 0.3 is 5.97 Å². The molecule has 0 amide bonds. The second-order valence-corrected chi connectivity index (χ2v) is 0.542. The summed E-state index contributed by atoms with van der Waals surface area (Å²) >= 11 is 0. The van der Waals surface area contributed by atoms with Crippen LogP contribution in [0.5, 0.6) is 0 Å². The van der Waals surface area contributed by atoms with Crippen LogP contribution in [-0.2, 0) is 26.5 Å². The van der Waals surface area contributed by atoms with Crippen LogP contribution in [0.3, 0.4) is 0 Å². The van der Waals surface area contributed by atoms with Gasteiger partial charge in [0.1, 0.15) is 0 Å². The number of carboxylic acids is 1. The van der Waals surface area contributed by atoms with Gasteiger partial charge in [-0.25, -0.2) is 4.79 Å². The van der Waals surface area contributed by atoms with E-state index >= 15 is 0 Å². The summed E-state index contributed by atoms with van der Waals surface area (Å²) in [5, 5.41) is 7.60. The number of hydrogen-bond donors (Lipinski definition) is 1. The Morgan fingerprint density at radius 1 is 1.50 bits per heavy atom. The van der Waals surface area contributed by atoms with Gasteiger partial charge in [-0.2, -0.15) is 0 Å². The van der Waals surface area contributed by atoms with Gasteiger partial charge in [-0.1, -0.05) is 6.58 Å². The quantitative estimate of drug-likeness (QED) is 0.373. The summed E-state index contributed by atoms with van der Waals surface area (Å²) in [6, 6.07) is 0. The minimum atomic E-state index is -0.981. The number of aliphatic carboxylic acids is 1. The van der Waals surface area contributed by atoms with Gasteiger partial charge in [-0.15, -0.1) is 0 Å². The average molecular weight is 156 g/mol. The van der Waals surface area contributed by atoms with Crippen LogP contribution in [0.25, 0.3) is 0 Å². The molecule has 0 aliphatic heterocycles. The molecule has 4 nitrogen and oxygen atoms in total. The minimum Gasteiger partial charge on any atom is -0.478 e. The maximum absolute atomic E-state index is 9.25. The van der Waals surface area contributed by atoms with Gasteiger partial charge in [-0.05, 0) is 0 Å². The summed E-state index contributed by atoms with van der Waals surface area (Å²) in [6.45, 7) is 2.96. The van der Waals surface area contributed by atoms with Gasteiger partial charge in [-0.3, -0.25) is 0 Å². The second kappa shape index (κ2) is 15.8. The van der Waals surface area contributed by atoms with Crippen molar-refractivity contribution in [3.05, 3.63) is 12.7 Å². The van der Waals surface area contributed by atoms with E-state index in [-0.39, 0.29) is 32.7 Å². The summed E-state index contributed by atoms with van der Waals surface area (Å²) in [5.41, 5.74) is 0. The molecule has 0 aromatic rings. The molecule has 0 atom stereocenters. The normalized spacial score (nSPS) is 4.00. The van der Waals surface area contributed by atoms with Crippen molar-refractivity contribution < 1.29 is 42.6 Å². The van der Waals surface area contributed by atoms with Crippen LogP contribution in [-0.4, -0.2) is 22.0 Å². The van der Waals surface area contributed by atoms with Gasteiger partial charge in [0, 0.05) is 27.8 Å². The Balaban J connectivity index is -0.0000000267. The molecule has 0 spiro atoms. The molecule has 0 bridgehead atoms. The Bertz CT molecular complexity index is 62.3. The molecule has 0 heterocycles. The van der Waals surface area contributed by atoms with Crippen molar-refractivity contribution in [3.8, 4) is 0 Å². The Labute approximate surface area is 61.7 Å². The molecule has 0 saturated carbocycles. The Hall–Kier alpha value is -0.156. The van der Waals surface area contributed by atoms with Crippen LogP contribution in [0, 0.1) is 0 Å². The molecule has 0 aliphatic carbocycles. The van der Waals surface area contributed by atoms with Crippen molar-refractivity contribution in [1.82, 2.24) is 0 Å². The first-order valence-electron chi connectivity index (χ1n) is 1.12. The van der Waals surface area contributed by atoms with E-state index in [1.807, 2.05) is 0 Å². The molecule has 8 heavy (non-hydrogen) atoms. The van der Waals surface area contributed by atoms with Gasteiger partial charge in [0.25, 0.3) is 0 Å². The van der Waals surface area contributed by atoms with Crippen LogP contribution in [0.1, 0.15) is 0 Å². The predicted octanol–water partition coefficient (Wildman–Crippen LogP) is -1.39. The zero-order valence-corrected chi connectivity index (χ0v) is 5.70. The summed E-state index contributed by atoms with van der Waals surface area (Å²) in [7, 11) is 0. The zero-order chi connectivity index (χ0) is 4.28. The summed E-state index contributed by atoms with van der Waals surface area (Å²) in [5.74, 6) is -0.981. The standard InChI is InChI=1S/C3H4O2.2H2O.Ti/c1-2-3(4)5;;;/h2H,1H2,(H,4,5);2*1H2;. The third-order valence-corrected chi connectivity index (χ3v) is 0.175. The van der Waals surface area contributed by atoms with Crippen molar-refractivity contribution >= 4 is 5.97 Å². The van der Waals surface area contributed by atoms with Crippen LogP contribution in [0.2, 0.25) is 0 Å². The molecule has 0 aliphatic rings. The molecule has 0 aromatic heterocycles. The first-order chi connectivity index (χ1) is 2.27. The summed E-state index contributed by atoms with van der Waals surface area (Å²) in [6.07, 6.45) is 0.833. The van der Waals surface area contributed by atoms with Crippen LogP contribution in [0.15, 0.2) is 12.7 Å². The van der Waals surface area contributed by atoms with Crippen molar-refractivity contribution in [2.75, 3.05) is 0 Å². The third kappa shape index (κ3) is 40.3. The first kappa shape index (κ1) is 24.9. The zero-order valence-electron chi connectivity index (χ0n) is 4.14. The van der Waals surface area contributed by atoms with E-state index in [0.29, 0.717) is 0 Å². The second-order valence-electron chi connectivity index (χ2n) is 0.542. The molecule has 5 N–H and O–H groups in total. The van der Waals surface area contributed by atoms with E-state index in [9.17, 15) is 4.79 Å². The molecule has 0 fully saturated rings. The number of carbonyl (C=O) groups is 1. The number of carboxylic acid groups (broad SMARTS) is 1. The fraction of sp³-hybridized carbons (Fsp3) is 0. The average Bonchev–Trinajstić information content (AvgIpc) is 1.38. The Morgan fingerprint density at radius 3 is 1.62 bits per heavy atom. The SMILES string of the molecule is C=CC(=O)O.O.O.[Ti]. The molecule has 0 unspecified atom stereocenters. The van der Waals surface area contributed by atoms with E-state index in [1.54, 1.807) is 0 Å². The van der Waals surface area contributed by atoms with Crippen molar-refractivity contribution in [1.29, 1.82) is 0 Å². The molecular formula is C3H8O4Ti. The minimum absolute atomic E-state index is 0. The van der Waals surface area contributed by atoms with E-state index in [4.69, 9.17) is 5.11 Å². The number of hydrogen-bond acceptors (Lipinski definition) is 1. The predicted molar refractivity (Wildman–Crippen MR) is 25.1 cm³/mol. The molecule has 0 aromatic carbocycles. The largest absolute Gasteiger partial charge is 0.478 e. The summed E-state index contributed by atoms with van der Waals surface area (Å²) in [4.78, 5) is 9.25. The Kier molecular flexibility index (Phi) is 49.2. The monoisotopic (exact) mass is 156 g/mol. The van der Waals surface area contributed by atoms with Crippen molar-refractivity contribution in [3.63, 3.8) is 0 Å². The van der Waals surface area contributed by atoms with Crippen LogP contribution < -0.4 is 0 Å².